The molecule has 18 heavy (non-hydrogen) atoms. The summed E-state index contributed by atoms with van der Waals surface area (Å²) in [6.07, 6.45) is 0. The molecule has 0 aliphatic rings. The lowest BCUT2D eigenvalue weighted by Gasteiger charge is -2.10. The van der Waals surface area contributed by atoms with Crippen molar-refractivity contribution in [2.75, 3.05) is 0 Å². The van der Waals surface area contributed by atoms with Crippen LogP contribution in [0.5, 0.6) is 0 Å². The second-order valence-corrected chi connectivity index (χ2v) is 4.86. The van der Waals surface area contributed by atoms with E-state index in [1.807, 2.05) is 6.07 Å². The number of aromatic nitrogens is 2. The Kier molecular flexibility index (Phi) is 3.53. The smallest absolute Gasteiger partial charge is 0.255 e. The van der Waals surface area contributed by atoms with Gasteiger partial charge >= 0.3 is 0 Å². The third kappa shape index (κ3) is 2.62. The first-order valence-corrected chi connectivity index (χ1v) is 6.15. The predicted octanol–water partition coefficient (Wildman–Crippen LogP) is 2.87. The first-order chi connectivity index (χ1) is 8.47. The molecule has 2 rings (SSSR count). The van der Waals surface area contributed by atoms with E-state index in [2.05, 4.69) is 31.0 Å². The van der Waals surface area contributed by atoms with Crippen LogP contribution in [0.3, 0.4) is 0 Å². The molecule has 0 saturated heterocycles. The van der Waals surface area contributed by atoms with Crippen LogP contribution in [0.15, 0.2) is 29.1 Å². The predicted molar refractivity (Wildman–Crippen MR) is 73.3 cm³/mol. The zero-order valence-electron chi connectivity index (χ0n) is 10.7. The Morgan fingerprint density at radius 2 is 1.89 bits per heavy atom. The standard InChI is InChI=1S/C14H15ClN2O/c1-9-4-5-12(6-10(9)2)8-17-11(3)16-13(15)7-14(17)18/h4-7H,8H2,1-3H3. The lowest BCUT2D eigenvalue weighted by molar-refractivity contribution is 0.700. The lowest BCUT2D eigenvalue weighted by Crippen LogP contribution is -2.23. The third-order valence-corrected chi connectivity index (χ3v) is 3.27. The van der Waals surface area contributed by atoms with Gasteiger partial charge < -0.3 is 0 Å². The molecule has 2 aromatic rings. The van der Waals surface area contributed by atoms with Crippen LogP contribution in [0.25, 0.3) is 0 Å². The fourth-order valence-electron chi connectivity index (χ4n) is 1.86. The minimum atomic E-state index is -0.120. The number of benzene rings is 1. The second-order valence-electron chi connectivity index (χ2n) is 4.47. The van der Waals surface area contributed by atoms with Crippen LogP contribution in [0.2, 0.25) is 5.15 Å². The quantitative estimate of drug-likeness (QED) is 0.780. The van der Waals surface area contributed by atoms with Crippen LogP contribution in [-0.2, 0) is 6.54 Å². The molecule has 94 valence electrons. The first-order valence-electron chi connectivity index (χ1n) is 5.77. The van der Waals surface area contributed by atoms with Gasteiger partial charge in [0.15, 0.2) is 0 Å². The Morgan fingerprint density at radius 1 is 1.17 bits per heavy atom. The SMILES string of the molecule is Cc1ccc(Cn2c(C)nc(Cl)cc2=O)cc1C. The van der Waals surface area contributed by atoms with Crippen molar-refractivity contribution in [3.8, 4) is 0 Å². The molecule has 1 aromatic heterocycles. The maximum atomic E-state index is 11.9. The molecule has 0 unspecified atom stereocenters. The molecule has 4 heteroatoms. The van der Waals surface area contributed by atoms with Gasteiger partial charge in [0, 0.05) is 6.07 Å². The number of rotatable bonds is 2. The number of nitrogens with zero attached hydrogens (tertiary/aromatic N) is 2. The molecule has 0 aliphatic heterocycles. The van der Waals surface area contributed by atoms with Crippen molar-refractivity contribution in [2.24, 2.45) is 0 Å². The minimum Gasteiger partial charge on any atom is -0.292 e. The molecule has 0 saturated carbocycles. The monoisotopic (exact) mass is 262 g/mol. The van der Waals surface area contributed by atoms with Gasteiger partial charge in [-0.3, -0.25) is 9.36 Å². The fraction of sp³-hybridized carbons (Fsp3) is 0.286. The van der Waals surface area contributed by atoms with E-state index in [-0.39, 0.29) is 10.7 Å². The summed E-state index contributed by atoms with van der Waals surface area (Å²) in [5.74, 6) is 0.630. The van der Waals surface area contributed by atoms with Crippen LogP contribution >= 0.6 is 11.6 Å². The fourth-order valence-corrected chi connectivity index (χ4v) is 2.08. The van der Waals surface area contributed by atoms with Gasteiger partial charge in [-0.2, -0.15) is 0 Å². The zero-order valence-corrected chi connectivity index (χ0v) is 11.5. The second kappa shape index (κ2) is 4.94. The summed E-state index contributed by atoms with van der Waals surface area (Å²) < 4.78 is 1.62. The molecule has 0 bridgehead atoms. The highest BCUT2D eigenvalue weighted by Crippen LogP contribution is 2.11. The molecular formula is C14H15ClN2O. The zero-order chi connectivity index (χ0) is 13.3. The van der Waals surface area contributed by atoms with Gasteiger partial charge in [0.2, 0.25) is 0 Å². The summed E-state index contributed by atoms with van der Waals surface area (Å²) in [6, 6.07) is 7.53. The molecular weight excluding hydrogens is 248 g/mol. The van der Waals surface area contributed by atoms with Crippen molar-refractivity contribution in [3.63, 3.8) is 0 Å². The van der Waals surface area contributed by atoms with Gasteiger partial charge in [-0.25, -0.2) is 4.98 Å². The summed E-state index contributed by atoms with van der Waals surface area (Å²) in [4.78, 5) is 16.0. The highest BCUT2D eigenvalue weighted by atomic mass is 35.5. The summed E-state index contributed by atoms with van der Waals surface area (Å²) in [6.45, 7) is 6.44. The van der Waals surface area contributed by atoms with Gasteiger partial charge in [-0.15, -0.1) is 0 Å². The highest BCUT2D eigenvalue weighted by Gasteiger charge is 2.05. The number of hydrogen-bond acceptors (Lipinski definition) is 2. The van der Waals surface area contributed by atoms with E-state index < -0.39 is 0 Å². The molecule has 0 N–H and O–H groups in total. The molecule has 0 radical (unpaired) electrons. The van der Waals surface area contributed by atoms with Crippen molar-refractivity contribution in [1.29, 1.82) is 0 Å². The molecule has 1 aromatic carbocycles. The van der Waals surface area contributed by atoms with Gasteiger partial charge in [0.1, 0.15) is 11.0 Å². The van der Waals surface area contributed by atoms with Gasteiger partial charge in [0.05, 0.1) is 6.54 Å². The largest absolute Gasteiger partial charge is 0.292 e. The van der Waals surface area contributed by atoms with E-state index >= 15 is 0 Å². The maximum Gasteiger partial charge on any atom is 0.255 e. The maximum absolute atomic E-state index is 11.9. The molecule has 0 aliphatic carbocycles. The minimum absolute atomic E-state index is 0.120. The summed E-state index contributed by atoms with van der Waals surface area (Å²) in [7, 11) is 0. The Bertz CT molecular complexity index is 647. The number of aryl methyl sites for hydroxylation is 3. The number of hydrogen-bond donors (Lipinski definition) is 0. The summed E-state index contributed by atoms with van der Waals surface area (Å²) >= 11 is 5.75. The van der Waals surface area contributed by atoms with Crippen LogP contribution in [0, 0.1) is 20.8 Å². The molecule has 1 heterocycles. The van der Waals surface area contributed by atoms with E-state index in [4.69, 9.17) is 11.6 Å². The number of halogens is 1. The van der Waals surface area contributed by atoms with Crippen LogP contribution in [0.1, 0.15) is 22.5 Å². The Hall–Kier alpha value is -1.61. The van der Waals surface area contributed by atoms with Crippen molar-refractivity contribution >= 4 is 11.6 Å². The van der Waals surface area contributed by atoms with Crippen molar-refractivity contribution < 1.29 is 0 Å². The highest BCUT2D eigenvalue weighted by molar-refractivity contribution is 6.29. The summed E-state index contributed by atoms with van der Waals surface area (Å²) in [5.41, 5.74) is 3.44. The van der Waals surface area contributed by atoms with Crippen molar-refractivity contribution in [3.05, 3.63) is 62.3 Å². The van der Waals surface area contributed by atoms with Gasteiger partial charge in [-0.05, 0) is 37.5 Å². The molecule has 0 amide bonds. The van der Waals surface area contributed by atoms with E-state index in [0.29, 0.717) is 12.4 Å². The van der Waals surface area contributed by atoms with E-state index in [9.17, 15) is 4.79 Å². The molecule has 0 atom stereocenters. The Balaban J connectivity index is 2.40. The van der Waals surface area contributed by atoms with Crippen molar-refractivity contribution in [1.82, 2.24) is 9.55 Å². The van der Waals surface area contributed by atoms with Gasteiger partial charge in [0.25, 0.3) is 5.56 Å². The average molecular weight is 263 g/mol. The van der Waals surface area contributed by atoms with E-state index in [1.165, 1.54) is 17.2 Å². The average Bonchev–Trinajstić information content (AvgIpc) is 2.28. The lowest BCUT2D eigenvalue weighted by atomic mass is 10.1. The van der Waals surface area contributed by atoms with Crippen molar-refractivity contribution in [2.45, 2.75) is 27.3 Å². The normalized spacial score (nSPS) is 10.7. The van der Waals surface area contributed by atoms with Gasteiger partial charge in [-0.1, -0.05) is 29.8 Å². The van der Waals surface area contributed by atoms with Crippen LogP contribution < -0.4 is 5.56 Å². The molecule has 0 fully saturated rings. The van der Waals surface area contributed by atoms with E-state index in [1.54, 1.807) is 11.5 Å². The van der Waals surface area contributed by atoms with E-state index in [0.717, 1.165) is 5.56 Å². The summed E-state index contributed by atoms with van der Waals surface area (Å²) in [5, 5.41) is 0.244. The topological polar surface area (TPSA) is 34.9 Å². The molecule has 3 nitrogen and oxygen atoms in total. The Morgan fingerprint density at radius 3 is 2.50 bits per heavy atom. The molecule has 0 spiro atoms. The van der Waals surface area contributed by atoms with Crippen LogP contribution in [-0.4, -0.2) is 9.55 Å². The first kappa shape index (κ1) is 12.8. The third-order valence-electron chi connectivity index (χ3n) is 3.08. The van der Waals surface area contributed by atoms with Crippen LogP contribution in [0.4, 0.5) is 0 Å². The Labute approximate surface area is 111 Å².